The van der Waals surface area contributed by atoms with Crippen LogP contribution in [0.5, 0.6) is 11.6 Å². The van der Waals surface area contributed by atoms with Gasteiger partial charge in [-0.05, 0) is 37.3 Å². The lowest BCUT2D eigenvalue weighted by Gasteiger charge is -2.40. The molecule has 0 unspecified atom stereocenters. The average molecular weight is 454 g/mol. The SMILES string of the molecule is C[C@H]1CN(c2cc(Oc3ccc(Cl)cc3)ncn2)CCN1C(=O)c1cccc([N+](=O)[O-])c1. The number of non-ortho nitro benzene ring substituents is 1. The smallest absolute Gasteiger partial charge is 0.270 e. The van der Waals surface area contributed by atoms with Gasteiger partial charge in [0.15, 0.2) is 0 Å². The highest BCUT2D eigenvalue weighted by molar-refractivity contribution is 6.30. The average Bonchev–Trinajstić information content (AvgIpc) is 2.80. The minimum atomic E-state index is -0.503. The van der Waals surface area contributed by atoms with Crippen molar-refractivity contribution < 1.29 is 14.5 Å². The molecule has 1 saturated heterocycles. The Morgan fingerprint density at radius 1 is 1.16 bits per heavy atom. The molecule has 4 rings (SSSR count). The zero-order chi connectivity index (χ0) is 22.7. The third-order valence-electron chi connectivity index (χ3n) is 5.18. The van der Waals surface area contributed by atoms with Crippen LogP contribution in [0.15, 0.2) is 60.9 Å². The van der Waals surface area contributed by atoms with Gasteiger partial charge >= 0.3 is 0 Å². The summed E-state index contributed by atoms with van der Waals surface area (Å²) in [6.45, 7) is 3.51. The molecular formula is C22H20ClN5O4. The lowest BCUT2D eigenvalue weighted by Crippen LogP contribution is -2.54. The van der Waals surface area contributed by atoms with Gasteiger partial charge in [0, 0.05) is 54.5 Å². The Labute approximate surface area is 189 Å². The molecule has 32 heavy (non-hydrogen) atoms. The Morgan fingerprint density at radius 2 is 1.94 bits per heavy atom. The van der Waals surface area contributed by atoms with Gasteiger partial charge < -0.3 is 14.5 Å². The van der Waals surface area contributed by atoms with Crippen LogP contribution < -0.4 is 9.64 Å². The Morgan fingerprint density at radius 3 is 2.66 bits per heavy atom. The summed E-state index contributed by atoms with van der Waals surface area (Å²) in [4.78, 5) is 35.7. The summed E-state index contributed by atoms with van der Waals surface area (Å²) in [5.41, 5.74) is 0.205. The molecule has 2 heterocycles. The fourth-order valence-corrected chi connectivity index (χ4v) is 3.69. The van der Waals surface area contributed by atoms with E-state index in [0.717, 1.165) is 0 Å². The number of piperazine rings is 1. The standard InChI is InChI=1S/C22H20ClN5O4/c1-15-13-26(9-10-27(15)22(29)16-3-2-4-18(11-16)28(30)31)20-12-21(25-14-24-20)32-19-7-5-17(23)6-8-19/h2-8,11-12,14-15H,9-10,13H2,1H3/t15-/m0/s1. The molecule has 1 aliphatic rings. The predicted molar refractivity (Wildman–Crippen MR) is 119 cm³/mol. The van der Waals surface area contributed by atoms with E-state index in [9.17, 15) is 14.9 Å². The first kappa shape index (κ1) is 21.5. The number of hydrogen-bond acceptors (Lipinski definition) is 7. The maximum atomic E-state index is 12.9. The van der Waals surface area contributed by atoms with E-state index < -0.39 is 4.92 Å². The number of aromatic nitrogens is 2. The summed E-state index contributed by atoms with van der Waals surface area (Å²) in [6, 6.07) is 14.4. The Balaban J connectivity index is 1.44. The number of hydrogen-bond donors (Lipinski definition) is 0. The highest BCUT2D eigenvalue weighted by atomic mass is 35.5. The molecular weight excluding hydrogens is 434 g/mol. The number of anilines is 1. The summed E-state index contributed by atoms with van der Waals surface area (Å²) >= 11 is 5.90. The maximum Gasteiger partial charge on any atom is 0.270 e. The summed E-state index contributed by atoms with van der Waals surface area (Å²) in [6.07, 6.45) is 1.44. The van der Waals surface area contributed by atoms with Crippen molar-refractivity contribution in [3.63, 3.8) is 0 Å². The van der Waals surface area contributed by atoms with Gasteiger partial charge in [0.2, 0.25) is 5.88 Å². The fourth-order valence-electron chi connectivity index (χ4n) is 3.57. The van der Waals surface area contributed by atoms with Gasteiger partial charge in [0.05, 0.1) is 4.92 Å². The van der Waals surface area contributed by atoms with Crippen LogP contribution in [0.4, 0.5) is 11.5 Å². The Hall–Kier alpha value is -3.72. The molecule has 9 nitrogen and oxygen atoms in total. The van der Waals surface area contributed by atoms with Gasteiger partial charge in [-0.2, -0.15) is 0 Å². The van der Waals surface area contributed by atoms with E-state index in [4.69, 9.17) is 16.3 Å². The van der Waals surface area contributed by atoms with E-state index in [1.54, 1.807) is 41.3 Å². The molecule has 0 N–H and O–H groups in total. The van der Waals surface area contributed by atoms with Crippen LogP contribution >= 0.6 is 11.6 Å². The van der Waals surface area contributed by atoms with Gasteiger partial charge in [-0.3, -0.25) is 14.9 Å². The second kappa shape index (κ2) is 9.19. The molecule has 1 amide bonds. The van der Waals surface area contributed by atoms with Crippen molar-refractivity contribution in [2.45, 2.75) is 13.0 Å². The highest BCUT2D eigenvalue weighted by Crippen LogP contribution is 2.25. The summed E-state index contributed by atoms with van der Waals surface area (Å²) in [7, 11) is 0. The van der Waals surface area contributed by atoms with E-state index in [0.29, 0.717) is 47.7 Å². The van der Waals surface area contributed by atoms with Crippen molar-refractivity contribution in [3.05, 3.63) is 81.6 Å². The molecule has 1 atom stereocenters. The molecule has 0 aliphatic carbocycles. The number of nitrogens with zero attached hydrogens (tertiary/aromatic N) is 5. The number of halogens is 1. The number of amides is 1. The first-order chi connectivity index (χ1) is 15.4. The largest absolute Gasteiger partial charge is 0.439 e. The second-order valence-corrected chi connectivity index (χ2v) is 7.81. The van der Waals surface area contributed by atoms with Crippen molar-refractivity contribution in [2.24, 2.45) is 0 Å². The first-order valence-corrected chi connectivity index (χ1v) is 10.3. The lowest BCUT2D eigenvalue weighted by atomic mass is 10.1. The van der Waals surface area contributed by atoms with E-state index in [1.165, 1.54) is 24.5 Å². The van der Waals surface area contributed by atoms with Crippen molar-refractivity contribution in [2.75, 3.05) is 24.5 Å². The molecule has 164 valence electrons. The van der Waals surface area contributed by atoms with Gasteiger partial charge in [0.1, 0.15) is 17.9 Å². The molecule has 3 aromatic rings. The summed E-state index contributed by atoms with van der Waals surface area (Å²) in [5, 5.41) is 11.6. The Bertz CT molecular complexity index is 1140. The van der Waals surface area contributed by atoms with Gasteiger partial charge in [0.25, 0.3) is 11.6 Å². The van der Waals surface area contributed by atoms with E-state index in [2.05, 4.69) is 14.9 Å². The van der Waals surface area contributed by atoms with E-state index >= 15 is 0 Å². The number of nitro groups is 1. The number of ether oxygens (including phenoxy) is 1. The van der Waals surface area contributed by atoms with Crippen molar-refractivity contribution >= 4 is 29.0 Å². The molecule has 2 aromatic carbocycles. The van der Waals surface area contributed by atoms with Crippen LogP contribution in [0.2, 0.25) is 5.02 Å². The van der Waals surface area contributed by atoms with Crippen molar-refractivity contribution in [3.8, 4) is 11.6 Å². The zero-order valence-electron chi connectivity index (χ0n) is 17.2. The highest BCUT2D eigenvalue weighted by Gasteiger charge is 2.29. The van der Waals surface area contributed by atoms with Gasteiger partial charge in [-0.25, -0.2) is 9.97 Å². The van der Waals surface area contributed by atoms with Gasteiger partial charge in [-0.1, -0.05) is 17.7 Å². The number of carbonyl (C=O) groups is 1. The molecule has 0 bridgehead atoms. The molecule has 0 radical (unpaired) electrons. The molecule has 0 saturated carbocycles. The lowest BCUT2D eigenvalue weighted by molar-refractivity contribution is -0.384. The molecule has 1 aromatic heterocycles. The first-order valence-electron chi connectivity index (χ1n) is 9.96. The van der Waals surface area contributed by atoms with Crippen molar-refractivity contribution in [1.82, 2.24) is 14.9 Å². The van der Waals surface area contributed by atoms with Crippen LogP contribution in [-0.2, 0) is 0 Å². The van der Waals surface area contributed by atoms with Gasteiger partial charge in [-0.15, -0.1) is 0 Å². The number of benzene rings is 2. The van der Waals surface area contributed by atoms with Crippen LogP contribution in [0.25, 0.3) is 0 Å². The second-order valence-electron chi connectivity index (χ2n) is 7.37. The third-order valence-corrected chi connectivity index (χ3v) is 5.43. The van der Waals surface area contributed by atoms with E-state index in [-0.39, 0.29) is 17.6 Å². The zero-order valence-corrected chi connectivity index (χ0v) is 18.0. The molecule has 0 spiro atoms. The minimum Gasteiger partial charge on any atom is -0.439 e. The van der Waals surface area contributed by atoms with Crippen LogP contribution in [0.1, 0.15) is 17.3 Å². The molecule has 10 heteroatoms. The monoisotopic (exact) mass is 453 g/mol. The number of carbonyl (C=O) groups excluding carboxylic acids is 1. The molecule has 1 fully saturated rings. The van der Waals surface area contributed by atoms with Crippen molar-refractivity contribution in [1.29, 1.82) is 0 Å². The van der Waals surface area contributed by atoms with E-state index in [1.807, 2.05) is 6.92 Å². The number of nitro benzene ring substituents is 1. The summed E-state index contributed by atoms with van der Waals surface area (Å²) in [5.74, 6) is 1.48. The predicted octanol–water partition coefficient (Wildman–Crippen LogP) is 4.18. The number of rotatable bonds is 5. The fraction of sp³-hybridized carbons (Fsp3) is 0.227. The molecule has 1 aliphatic heterocycles. The third kappa shape index (κ3) is 4.78. The van der Waals surface area contributed by atoms with Crippen LogP contribution in [0, 0.1) is 10.1 Å². The topological polar surface area (TPSA) is 102 Å². The van der Waals surface area contributed by atoms with Crippen LogP contribution in [0.3, 0.4) is 0 Å². The quantitative estimate of drug-likeness (QED) is 0.421. The Kier molecular flexibility index (Phi) is 6.18. The maximum absolute atomic E-state index is 12.9. The van der Waals surface area contributed by atoms with Crippen LogP contribution in [-0.4, -0.2) is 51.4 Å². The summed E-state index contributed by atoms with van der Waals surface area (Å²) < 4.78 is 5.78. The minimum absolute atomic E-state index is 0.101. The normalized spacial score (nSPS) is 16.0.